The molecule has 2 aliphatic rings. The summed E-state index contributed by atoms with van der Waals surface area (Å²) in [6.07, 6.45) is 6.08. The molecule has 9 heteroatoms. The molecule has 0 bridgehead atoms. The third kappa shape index (κ3) is 4.39. The van der Waals surface area contributed by atoms with Gasteiger partial charge in [0.15, 0.2) is 5.65 Å². The van der Waals surface area contributed by atoms with Gasteiger partial charge in [-0.2, -0.15) is 0 Å². The molecule has 1 amide bonds. The Balaban J connectivity index is 0.00000121. The van der Waals surface area contributed by atoms with Gasteiger partial charge in [-0.05, 0) is 43.8 Å². The number of hydrogen-bond acceptors (Lipinski definition) is 3. The van der Waals surface area contributed by atoms with E-state index in [-0.39, 0.29) is 30.7 Å². The summed E-state index contributed by atoms with van der Waals surface area (Å²) in [7, 11) is 0. The zero-order valence-corrected chi connectivity index (χ0v) is 17.3. The Kier molecular flexibility index (Phi) is 7.45. The number of halogens is 4. The summed E-state index contributed by atoms with van der Waals surface area (Å²) in [4.78, 5) is 19.2. The van der Waals surface area contributed by atoms with Gasteiger partial charge in [-0.3, -0.25) is 4.79 Å². The van der Waals surface area contributed by atoms with Crippen molar-refractivity contribution >= 4 is 59.6 Å². The van der Waals surface area contributed by atoms with Crippen LogP contribution in [-0.2, 0) is 11.2 Å². The molecule has 0 radical (unpaired) electrons. The van der Waals surface area contributed by atoms with Crippen LogP contribution in [0.4, 0.5) is 0 Å². The highest BCUT2D eigenvalue weighted by atomic mass is 35.5. The fraction of sp³-hybridized carbons (Fsp3) is 0.529. The summed E-state index contributed by atoms with van der Waals surface area (Å²) in [5.74, 6) is 1.59. The van der Waals surface area contributed by atoms with Crippen molar-refractivity contribution in [3.8, 4) is 0 Å². The fourth-order valence-electron chi connectivity index (χ4n) is 3.89. The van der Waals surface area contributed by atoms with E-state index < -0.39 is 0 Å². The minimum absolute atomic E-state index is 0. The van der Waals surface area contributed by atoms with Crippen LogP contribution in [0, 0.1) is 11.8 Å². The van der Waals surface area contributed by atoms with E-state index in [0.29, 0.717) is 22.1 Å². The first-order chi connectivity index (χ1) is 11.6. The number of carbonyl (C=O) groups is 1. The standard InChI is InChI=1S/C17H20Cl2N4O.2ClH/c18-13-5-15(19)17-21-14(10-23(17)9-13)6-16(24)22-3-1-11-7-20-8-12(11)2-4-22;;/h5,9-12,20H,1-4,6-8H2;2*1H/t11-,12+;;. The zero-order chi connectivity index (χ0) is 16.7. The van der Waals surface area contributed by atoms with Crippen LogP contribution >= 0.6 is 48.0 Å². The van der Waals surface area contributed by atoms with Crippen LogP contribution in [0.1, 0.15) is 18.5 Å². The van der Waals surface area contributed by atoms with Crippen molar-refractivity contribution < 1.29 is 4.79 Å². The Hall–Kier alpha value is -0.720. The minimum Gasteiger partial charge on any atom is -0.342 e. The van der Waals surface area contributed by atoms with E-state index in [4.69, 9.17) is 23.2 Å². The number of hydrogen-bond donors (Lipinski definition) is 1. The molecule has 2 aromatic heterocycles. The third-order valence-corrected chi connectivity index (χ3v) is 5.71. The van der Waals surface area contributed by atoms with E-state index in [1.165, 1.54) is 0 Å². The molecule has 26 heavy (non-hydrogen) atoms. The van der Waals surface area contributed by atoms with E-state index in [9.17, 15) is 4.79 Å². The lowest BCUT2D eigenvalue weighted by molar-refractivity contribution is -0.130. The molecule has 0 aromatic carbocycles. The first-order valence-electron chi connectivity index (χ1n) is 8.41. The van der Waals surface area contributed by atoms with Crippen LogP contribution in [0.15, 0.2) is 18.5 Å². The molecule has 1 N–H and O–H groups in total. The minimum atomic E-state index is 0. The number of aromatic nitrogens is 2. The molecule has 144 valence electrons. The molecule has 2 atom stereocenters. The quantitative estimate of drug-likeness (QED) is 0.779. The van der Waals surface area contributed by atoms with Crippen LogP contribution in [0.5, 0.6) is 0 Å². The van der Waals surface area contributed by atoms with Gasteiger partial charge in [0, 0.05) is 25.5 Å². The van der Waals surface area contributed by atoms with E-state index in [1.54, 1.807) is 16.7 Å². The lowest BCUT2D eigenvalue weighted by Crippen LogP contribution is -2.34. The normalized spacial score (nSPS) is 22.3. The van der Waals surface area contributed by atoms with Crippen molar-refractivity contribution in [2.24, 2.45) is 11.8 Å². The molecule has 2 saturated heterocycles. The molecule has 2 aliphatic heterocycles. The molecular weight excluding hydrogens is 418 g/mol. The van der Waals surface area contributed by atoms with Crippen molar-refractivity contribution in [1.82, 2.24) is 19.6 Å². The monoisotopic (exact) mass is 438 g/mol. The largest absolute Gasteiger partial charge is 0.342 e. The molecular formula is C17H22Cl4N4O. The highest BCUT2D eigenvalue weighted by Crippen LogP contribution is 2.27. The topological polar surface area (TPSA) is 49.6 Å². The van der Waals surface area contributed by atoms with Crippen molar-refractivity contribution in [1.29, 1.82) is 0 Å². The number of imidazole rings is 1. The molecule has 5 nitrogen and oxygen atoms in total. The summed E-state index contributed by atoms with van der Waals surface area (Å²) in [5.41, 5.74) is 1.37. The summed E-state index contributed by atoms with van der Waals surface area (Å²) >= 11 is 12.2. The number of carbonyl (C=O) groups excluding carboxylic acids is 1. The van der Waals surface area contributed by atoms with Crippen LogP contribution < -0.4 is 5.32 Å². The van der Waals surface area contributed by atoms with Gasteiger partial charge in [0.25, 0.3) is 0 Å². The number of pyridine rings is 1. The summed E-state index contributed by atoms with van der Waals surface area (Å²) in [6, 6.07) is 1.67. The first-order valence-corrected chi connectivity index (χ1v) is 9.17. The molecule has 4 rings (SSSR count). The lowest BCUT2D eigenvalue weighted by atomic mass is 9.92. The van der Waals surface area contributed by atoms with Gasteiger partial charge in [-0.1, -0.05) is 23.2 Å². The van der Waals surface area contributed by atoms with Gasteiger partial charge >= 0.3 is 0 Å². The first kappa shape index (κ1) is 21.6. The van der Waals surface area contributed by atoms with Crippen LogP contribution in [-0.4, -0.2) is 46.4 Å². The predicted molar refractivity (Wildman–Crippen MR) is 109 cm³/mol. The molecule has 0 spiro atoms. The SMILES string of the molecule is Cl.Cl.O=C(Cc1cn2cc(Cl)cc(Cl)c2n1)N1CC[C@@H]2CNC[C@@H]2CC1. The second-order valence-corrected chi connectivity index (χ2v) is 7.63. The van der Waals surface area contributed by atoms with E-state index in [2.05, 4.69) is 10.3 Å². The second-order valence-electron chi connectivity index (χ2n) is 6.78. The number of fused-ring (bicyclic) bond motifs is 2. The number of amides is 1. The number of nitrogens with one attached hydrogen (secondary N) is 1. The van der Waals surface area contributed by atoms with Crippen molar-refractivity contribution in [3.63, 3.8) is 0 Å². The highest BCUT2D eigenvalue weighted by Gasteiger charge is 2.31. The van der Waals surface area contributed by atoms with Crippen molar-refractivity contribution in [3.05, 3.63) is 34.2 Å². The van der Waals surface area contributed by atoms with Crippen molar-refractivity contribution in [2.75, 3.05) is 26.2 Å². The van der Waals surface area contributed by atoms with Gasteiger partial charge in [0.2, 0.25) is 5.91 Å². The van der Waals surface area contributed by atoms with Gasteiger partial charge in [-0.15, -0.1) is 24.8 Å². The van der Waals surface area contributed by atoms with Gasteiger partial charge < -0.3 is 14.6 Å². The van der Waals surface area contributed by atoms with Crippen LogP contribution in [0.2, 0.25) is 10.0 Å². The van der Waals surface area contributed by atoms with Crippen LogP contribution in [0.25, 0.3) is 5.65 Å². The van der Waals surface area contributed by atoms with Crippen molar-refractivity contribution in [2.45, 2.75) is 19.3 Å². The maximum atomic E-state index is 12.7. The molecule has 0 unspecified atom stereocenters. The number of nitrogens with zero attached hydrogens (tertiary/aromatic N) is 3. The lowest BCUT2D eigenvalue weighted by Gasteiger charge is -2.20. The summed E-state index contributed by atoms with van der Waals surface area (Å²) < 4.78 is 1.78. The number of rotatable bonds is 2. The van der Waals surface area contributed by atoms with E-state index in [1.807, 2.05) is 11.1 Å². The molecule has 4 heterocycles. The second kappa shape index (κ2) is 8.98. The highest BCUT2D eigenvalue weighted by molar-refractivity contribution is 6.36. The number of likely N-dealkylation sites (tertiary alicyclic amines) is 1. The summed E-state index contributed by atoms with van der Waals surface area (Å²) in [5, 5.41) is 4.51. The molecule has 2 aromatic rings. The Morgan fingerprint density at radius 1 is 1.15 bits per heavy atom. The fourth-order valence-corrected chi connectivity index (χ4v) is 4.42. The molecule has 0 saturated carbocycles. The predicted octanol–water partition coefficient (Wildman–Crippen LogP) is 3.49. The Morgan fingerprint density at radius 3 is 2.46 bits per heavy atom. The average Bonchev–Trinajstić information content (AvgIpc) is 3.09. The third-order valence-electron chi connectivity index (χ3n) is 5.23. The molecule has 2 fully saturated rings. The maximum Gasteiger partial charge on any atom is 0.228 e. The smallest absolute Gasteiger partial charge is 0.228 e. The average molecular weight is 440 g/mol. The Morgan fingerprint density at radius 2 is 1.81 bits per heavy atom. The van der Waals surface area contributed by atoms with Gasteiger partial charge in [0.05, 0.1) is 22.2 Å². The van der Waals surface area contributed by atoms with Gasteiger partial charge in [-0.25, -0.2) is 4.98 Å². The summed E-state index contributed by atoms with van der Waals surface area (Å²) in [6.45, 7) is 3.89. The van der Waals surface area contributed by atoms with E-state index >= 15 is 0 Å². The Bertz CT molecular complexity index is 767. The maximum absolute atomic E-state index is 12.7. The van der Waals surface area contributed by atoms with E-state index in [0.717, 1.165) is 56.6 Å². The zero-order valence-electron chi connectivity index (χ0n) is 14.2. The Labute approximate surface area is 175 Å². The van der Waals surface area contributed by atoms with Gasteiger partial charge in [0.1, 0.15) is 0 Å². The van der Waals surface area contributed by atoms with Crippen LogP contribution in [0.3, 0.4) is 0 Å². The molecule has 0 aliphatic carbocycles.